The number of aryl methyl sites for hydroxylation is 1. The first-order chi connectivity index (χ1) is 19.2. The lowest BCUT2D eigenvalue weighted by atomic mass is 9.93. The molecule has 11 nitrogen and oxygen atoms in total. The van der Waals surface area contributed by atoms with Crippen LogP contribution in [0.2, 0.25) is 0 Å². The molecule has 13 heteroatoms. The van der Waals surface area contributed by atoms with Crippen molar-refractivity contribution in [2.75, 3.05) is 53.1 Å². The monoisotopic (exact) mass is 571 g/mol. The van der Waals surface area contributed by atoms with Crippen molar-refractivity contribution in [2.24, 2.45) is 5.41 Å². The predicted octanol–water partition coefficient (Wildman–Crippen LogP) is 3.55. The highest BCUT2D eigenvalue weighted by Gasteiger charge is 2.44. The number of benzene rings is 1. The molecule has 3 fully saturated rings. The molecule has 0 bridgehead atoms. The van der Waals surface area contributed by atoms with Crippen LogP contribution in [0.1, 0.15) is 44.2 Å². The average molecular weight is 572 g/mol. The van der Waals surface area contributed by atoms with E-state index in [0.717, 1.165) is 38.0 Å². The quantitative estimate of drug-likeness (QED) is 0.413. The van der Waals surface area contributed by atoms with Gasteiger partial charge in [-0.2, -0.15) is 0 Å². The van der Waals surface area contributed by atoms with Crippen molar-refractivity contribution in [1.82, 2.24) is 20.2 Å². The second-order valence-corrected chi connectivity index (χ2v) is 13.0. The van der Waals surface area contributed by atoms with E-state index < -0.39 is 22.8 Å². The van der Waals surface area contributed by atoms with Gasteiger partial charge in [-0.3, -0.25) is 4.72 Å². The maximum atomic E-state index is 14.0. The van der Waals surface area contributed by atoms with Crippen LogP contribution in [0.25, 0.3) is 23.0 Å². The highest BCUT2D eigenvalue weighted by molar-refractivity contribution is 7.92. The number of rotatable bonds is 8. The molecule has 214 valence electrons. The van der Waals surface area contributed by atoms with Gasteiger partial charge in [0.2, 0.25) is 21.9 Å². The Balaban J connectivity index is 1.32. The number of alkyl halides is 1. The van der Waals surface area contributed by atoms with E-state index in [1.54, 1.807) is 24.3 Å². The number of halogens is 1. The summed E-state index contributed by atoms with van der Waals surface area (Å²) in [7, 11) is -3.68. The molecule has 6 rings (SSSR count). The van der Waals surface area contributed by atoms with Crippen LogP contribution < -0.4 is 14.5 Å². The largest absolute Gasteiger partial charge is 0.415 e. The summed E-state index contributed by atoms with van der Waals surface area (Å²) >= 11 is 0. The van der Waals surface area contributed by atoms with E-state index in [9.17, 15) is 12.8 Å². The van der Waals surface area contributed by atoms with Gasteiger partial charge in [0.05, 0.1) is 35.8 Å². The number of aromatic nitrogens is 4. The summed E-state index contributed by atoms with van der Waals surface area (Å²) in [5.74, 6) is 0.582. The Morgan fingerprint density at radius 1 is 1.07 bits per heavy atom. The number of aliphatic hydroxyl groups is 1. The molecule has 0 radical (unpaired) electrons. The number of anilines is 3. The van der Waals surface area contributed by atoms with Crippen LogP contribution in [0.15, 0.2) is 28.7 Å². The van der Waals surface area contributed by atoms with Gasteiger partial charge in [0.15, 0.2) is 0 Å². The summed E-state index contributed by atoms with van der Waals surface area (Å²) in [5, 5.41) is 17.7. The SMILES string of the molecule is Cc1cc(-c2nnc(-c3ccc(NS(=O)(=O)CCO)cc3N3CCC4(CC3)CC4)o2)nc(N2CCCC(F)C2)n1. The molecule has 40 heavy (non-hydrogen) atoms. The lowest BCUT2D eigenvalue weighted by Crippen LogP contribution is -2.37. The van der Waals surface area contributed by atoms with Crippen LogP contribution >= 0.6 is 0 Å². The molecule has 1 aliphatic carbocycles. The maximum absolute atomic E-state index is 14.0. The van der Waals surface area contributed by atoms with Gasteiger partial charge in [-0.1, -0.05) is 0 Å². The first kappa shape index (κ1) is 26.9. The van der Waals surface area contributed by atoms with Crippen molar-refractivity contribution in [2.45, 2.75) is 51.6 Å². The smallest absolute Gasteiger partial charge is 0.266 e. The number of nitrogens with zero attached hydrogens (tertiary/aromatic N) is 6. The second kappa shape index (κ2) is 10.6. The zero-order chi connectivity index (χ0) is 27.9. The Kier molecular flexibility index (Phi) is 7.11. The molecule has 2 saturated heterocycles. The highest BCUT2D eigenvalue weighted by Crippen LogP contribution is 2.54. The molecular formula is C27H34FN7O4S. The molecule has 1 spiro atoms. The second-order valence-electron chi connectivity index (χ2n) is 11.2. The van der Waals surface area contributed by atoms with Gasteiger partial charge in [0, 0.05) is 25.3 Å². The number of sulfonamides is 1. The summed E-state index contributed by atoms with van der Waals surface area (Å²) in [6, 6.07) is 6.98. The molecule has 3 aliphatic rings. The van der Waals surface area contributed by atoms with E-state index in [2.05, 4.69) is 29.8 Å². The van der Waals surface area contributed by atoms with E-state index in [4.69, 9.17) is 9.52 Å². The number of nitrogens with one attached hydrogen (secondary N) is 1. The molecule has 0 amide bonds. The van der Waals surface area contributed by atoms with Crippen molar-refractivity contribution in [3.63, 3.8) is 0 Å². The number of aliphatic hydroxyl groups excluding tert-OH is 1. The van der Waals surface area contributed by atoms with E-state index in [-0.39, 0.29) is 18.2 Å². The van der Waals surface area contributed by atoms with Crippen LogP contribution in [0, 0.1) is 12.3 Å². The maximum Gasteiger partial charge on any atom is 0.266 e. The number of hydrogen-bond donors (Lipinski definition) is 2. The molecule has 1 aromatic carbocycles. The lowest BCUT2D eigenvalue weighted by molar-refractivity contribution is 0.285. The summed E-state index contributed by atoms with van der Waals surface area (Å²) in [6.45, 7) is 4.03. The topological polar surface area (TPSA) is 138 Å². The first-order valence-corrected chi connectivity index (χ1v) is 15.5. The van der Waals surface area contributed by atoms with Gasteiger partial charge in [0.25, 0.3) is 5.89 Å². The average Bonchev–Trinajstić information content (AvgIpc) is 3.48. The number of hydrogen-bond acceptors (Lipinski definition) is 10. The molecule has 2 aliphatic heterocycles. The Hall–Kier alpha value is -3.32. The highest BCUT2D eigenvalue weighted by atomic mass is 32.2. The summed E-state index contributed by atoms with van der Waals surface area (Å²) in [6.07, 6.45) is 5.09. The molecular weight excluding hydrogens is 537 g/mol. The fraction of sp³-hybridized carbons (Fsp3) is 0.556. The van der Waals surface area contributed by atoms with Crippen molar-refractivity contribution >= 4 is 27.3 Å². The van der Waals surface area contributed by atoms with E-state index in [1.165, 1.54) is 12.8 Å². The van der Waals surface area contributed by atoms with Gasteiger partial charge in [0.1, 0.15) is 11.9 Å². The molecule has 3 aromatic rings. The molecule has 1 saturated carbocycles. The standard InChI is InChI=1S/C27H34FN7O4S/c1-18-15-22(30-26(29-18)35-10-2-3-19(28)17-35)25-32-31-24(39-25)21-5-4-20(33-40(37,38)14-13-36)16-23(21)34-11-8-27(6-7-27)9-12-34/h4-5,15-16,19,33,36H,2-3,6-14,17H2,1H3. The normalized spacial score (nSPS) is 20.6. The molecule has 1 atom stereocenters. The van der Waals surface area contributed by atoms with Crippen molar-refractivity contribution in [3.05, 3.63) is 30.0 Å². The van der Waals surface area contributed by atoms with Crippen molar-refractivity contribution < 1.29 is 22.3 Å². The Morgan fingerprint density at radius 2 is 1.85 bits per heavy atom. The lowest BCUT2D eigenvalue weighted by Gasteiger charge is -2.35. The summed E-state index contributed by atoms with van der Waals surface area (Å²) in [5.41, 5.74) is 3.54. The van der Waals surface area contributed by atoms with Crippen LogP contribution in [-0.2, 0) is 10.0 Å². The molecule has 1 unspecified atom stereocenters. The first-order valence-electron chi connectivity index (χ1n) is 13.8. The molecule has 4 heterocycles. The minimum Gasteiger partial charge on any atom is -0.415 e. The minimum atomic E-state index is -3.68. The van der Waals surface area contributed by atoms with Crippen LogP contribution in [0.4, 0.5) is 21.7 Å². The Bertz CT molecular complexity index is 1480. The van der Waals surface area contributed by atoms with Crippen molar-refractivity contribution in [3.8, 4) is 23.0 Å². The third-order valence-electron chi connectivity index (χ3n) is 8.12. The van der Waals surface area contributed by atoms with Gasteiger partial charge < -0.3 is 19.3 Å². The minimum absolute atomic E-state index is 0.227. The van der Waals surface area contributed by atoms with Crippen LogP contribution in [-0.4, -0.2) is 78.4 Å². The van der Waals surface area contributed by atoms with Gasteiger partial charge in [-0.05, 0) is 75.1 Å². The van der Waals surface area contributed by atoms with E-state index in [1.807, 2.05) is 11.8 Å². The fourth-order valence-corrected chi connectivity index (χ4v) is 6.46. The summed E-state index contributed by atoms with van der Waals surface area (Å²) in [4.78, 5) is 13.2. The third kappa shape index (κ3) is 5.75. The van der Waals surface area contributed by atoms with E-state index >= 15 is 0 Å². The third-order valence-corrected chi connectivity index (χ3v) is 9.38. The molecule has 2 aromatic heterocycles. The zero-order valence-corrected chi connectivity index (χ0v) is 23.3. The molecule has 2 N–H and O–H groups in total. The Labute approximate surface area is 232 Å². The van der Waals surface area contributed by atoms with Gasteiger partial charge in [-0.15, -0.1) is 10.2 Å². The number of piperidine rings is 2. The summed E-state index contributed by atoms with van der Waals surface area (Å²) < 4.78 is 47.4. The Morgan fingerprint density at radius 3 is 2.58 bits per heavy atom. The van der Waals surface area contributed by atoms with Gasteiger partial charge in [-0.25, -0.2) is 22.8 Å². The van der Waals surface area contributed by atoms with Crippen molar-refractivity contribution in [1.29, 1.82) is 0 Å². The van der Waals surface area contributed by atoms with Crippen LogP contribution in [0.3, 0.4) is 0 Å². The predicted molar refractivity (Wildman–Crippen MR) is 149 cm³/mol. The van der Waals surface area contributed by atoms with Crippen LogP contribution in [0.5, 0.6) is 0 Å². The van der Waals surface area contributed by atoms with E-state index in [0.29, 0.717) is 52.9 Å². The fourth-order valence-electron chi connectivity index (χ4n) is 5.63. The zero-order valence-electron chi connectivity index (χ0n) is 22.5. The van der Waals surface area contributed by atoms with Gasteiger partial charge >= 0.3 is 0 Å².